The molecule has 0 spiro atoms. The number of unbranched alkanes of at least 4 members (excludes halogenated alkanes) is 2. The molecule has 0 saturated carbocycles. The minimum Gasteiger partial charge on any atom is -1.00 e. The van der Waals surface area contributed by atoms with Crippen molar-refractivity contribution in [1.82, 2.24) is 0 Å². The van der Waals surface area contributed by atoms with E-state index in [0.29, 0.717) is 0 Å². The summed E-state index contributed by atoms with van der Waals surface area (Å²) in [6.07, 6.45) is 7.17. The first-order valence-corrected chi connectivity index (χ1v) is 11.8. The third-order valence-electron chi connectivity index (χ3n) is 5.10. The monoisotopic (exact) mass is 589 g/mol. The second-order valence-electron chi connectivity index (χ2n) is 7.26. The number of nitrogens with zero attached hydrogens (tertiary/aromatic N) is 1. The number of aryl methyl sites for hydroxylation is 2. The Kier molecular flexibility index (Phi) is 9.22. The van der Waals surface area contributed by atoms with E-state index in [1.807, 2.05) is 11.8 Å². The maximum atomic E-state index is 3.67. The van der Waals surface area contributed by atoms with Crippen LogP contribution in [0.3, 0.4) is 0 Å². The van der Waals surface area contributed by atoms with Crippen LogP contribution >= 0.6 is 27.7 Å². The SMILES string of the molecule is Brc1ccccc1Sc1cc2ccccc2[n+](CCCCCc2ccccc2)c1.[I-]. The van der Waals surface area contributed by atoms with Crippen LogP contribution in [-0.4, -0.2) is 0 Å². The van der Waals surface area contributed by atoms with E-state index in [1.54, 1.807) is 0 Å². The molecule has 0 aliphatic rings. The molecule has 0 saturated heterocycles. The summed E-state index contributed by atoms with van der Waals surface area (Å²) in [6.45, 7) is 1.06. The van der Waals surface area contributed by atoms with Crippen molar-refractivity contribution < 1.29 is 28.5 Å². The van der Waals surface area contributed by atoms with Gasteiger partial charge in [0.25, 0.3) is 0 Å². The van der Waals surface area contributed by atoms with Crippen LogP contribution in [0, 0.1) is 0 Å². The van der Waals surface area contributed by atoms with Crippen molar-refractivity contribution in [3.05, 3.63) is 101 Å². The zero-order valence-electron chi connectivity index (χ0n) is 16.8. The maximum absolute atomic E-state index is 3.67. The van der Waals surface area contributed by atoms with E-state index in [-0.39, 0.29) is 24.0 Å². The summed E-state index contributed by atoms with van der Waals surface area (Å²) >= 11 is 5.49. The van der Waals surface area contributed by atoms with Gasteiger partial charge in [-0.1, -0.05) is 66.4 Å². The second kappa shape index (κ2) is 11.9. The molecule has 0 aliphatic carbocycles. The van der Waals surface area contributed by atoms with Crippen LogP contribution in [-0.2, 0) is 13.0 Å². The fourth-order valence-corrected chi connectivity index (χ4v) is 5.07. The molecule has 30 heavy (non-hydrogen) atoms. The van der Waals surface area contributed by atoms with Crippen LogP contribution in [0.1, 0.15) is 24.8 Å². The van der Waals surface area contributed by atoms with Crippen LogP contribution in [0.4, 0.5) is 0 Å². The first-order valence-electron chi connectivity index (χ1n) is 10.2. The number of halogens is 2. The lowest BCUT2D eigenvalue weighted by Crippen LogP contribution is -3.00. The van der Waals surface area contributed by atoms with E-state index < -0.39 is 0 Å². The normalized spacial score (nSPS) is 10.7. The van der Waals surface area contributed by atoms with Gasteiger partial charge in [-0.25, -0.2) is 0 Å². The first kappa shape index (κ1) is 23.3. The third kappa shape index (κ3) is 6.32. The highest BCUT2D eigenvalue weighted by Gasteiger charge is 2.13. The molecule has 0 atom stereocenters. The zero-order chi connectivity index (χ0) is 19.9. The van der Waals surface area contributed by atoms with Crippen LogP contribution in [0.15, 0.2) is 105 Å². The summed E-state index contributed by atoms with van der Waals surface area (Å²) in [5.41, 5.74) is 2.75. The number of rotatable bonds is 8. The molecule has 4 aromatic rings. The van der Waals surface area contributed by atoms with Crippen molar-refractivity contribution in [2.24, 2.45) is 0 Å². The Labute approximate surface area is 209 Å². The number of hydrogen-bond donors (Lipinski definition) is 0. The largest absolute Gasteiger partial charge is 1.00 e. The molecular formula is C26H25BrINS. The Bertz CT molecular complexity index is 1080. The molecular weight excluding hydrogens is 565 g/mol. The molecule has 0 amide bonds. The van der Waals surface area contributed by atoms with Crippen LogP contribution in [0.5, 0.6) is 0 Å². The van der Waals surface area contributed by atoms with Gasteiger partial charge in [0.15, 0.2) is 6.20 Å². The van der Waals surface area contributed by atoms with Crippen molar-refractivity contribution in [2.45, 2.75) is 42.0 Å². The van der Waals surface area contributed by atoms with Crippen molar-refractivity contribution >= 4 is 38.6 Å². The topological polar surface area (TPSA) is 3.88 Å². The summed E-state index contributed by atoms with van der Waals surface area (Å²) in [5, 5.41) is 1.30. The van der Waals surface area contributed by atoms with Gasteiger partial charge in [-0.3, -0.25) is 0 Å². The predicted molar refractivity (Wildman–Crippen MR) is 126 cm³/mol. The highest BCUT2D eigenvalue weighted by atomic mass is 127. The Morgan fingerprint density at radius 2 is 1.50 bits per heavy atom. The minimum atomic E-state index is 0. The summed E-state index contributed by atoms with van der Waals surface area (Å²) in [5.74, 6) is 0. The fraction of sp³-hybridized carbons (Fsp3) is 0.192. The Balaban J connectivity index is 0.00000256. The third-order valence-corrected chi connectivity index (χ3v) is 7.09. The first-order chi connectivity index (χ1) is 14.3. The van der Waals surface area contributed by atoms with Crippen molar-refractivity contribution in [3.63, 3.8) is 0 Å². The van der Waals surface area contributed by atoms with Gasteiger partial charge in [0.2, 0.25) is 5.52 Å². The second-order valence-corrected chi connectivity index (χ2v) is 9.23. The summed E-state index contributed by atoms with van der Waals surface area (Å²) in [4.78, 5) is 2.53. The molecule has 0 unspecified atom stereocenters. The highest BCUT2D eigenvalue weighted by molar-refractivity contribution is 9.10. The zero-order valence-corrected chi connectivity index (χ0v) is 21.4. The lowest BCUT2D eigenvalue weighted by Gasteiger charge is -2.07. The molecule has 0 aliphatic heterocycles. The van der Waals surface area contributed by atoms with E-state index in [9.17, 15) is 0 Å². The number of hydrogen-bond acceptors (Lipinski definition) is 1. The molecule has 4 heteroatoms. The number of pyridine rings is 1. The van der Waals surface area contributed by atoms with E-state index in [1.165, 1.54) is 51.9 Å². The molecule has 1 aromatic heterocycles. The van der Waals surface area contributed by atoms with Gasteiger partial charge in [-0.2, -0.15) is 4.57 Å². The Morgan fingerprint density at radius 3 is 2.33 bits per heavy atom. The highest BCUT2D eigenvalue weighted by Crippen LogP contribution is 2.33. The van der Waals surface area contributed by atoms with Gasteiger partial charge in [-0.15, -0.1) is 0 Å². The van der Waals surface area contributed by atoms with Crippen LogP contribution in [0.25, 0.3) is 10.9 Å². The minimum absolute atomic E-state index is 0. The van der Waals surface area contributed by atoms with E-state index in [2.05, 4.69) is 112 Å². The molecule has 0 fully saturated rings. The molecule has 4 rings (SSSR count). The van der Waals surface area contributed by atoms with Gasteiger partial charge < -0.3 is 24.0 Å². The number of para-hydroxylation sites is 1. The lowest BCUT2D eigenvalue weighted by molar-refractivity contribution is -0.673. The van der Waals surface area contributed by atoms with E-state index in [0.717, 1.165) is 11.0 Å². The van der Waals surface area contributed by atoms with Crippen molar-refractivity contribution in [1.29, 1.82) is 0 Å². The van der Waals surface area contributed by atoms with Gasteiger partial charge in [0.1, 0.15) is 6.54 Å². The quantitative estimate of drug-likeness (QED) is 0.167. The summed E-state index contributed by atoms with van der Waals surface area (Å²) < 4.78 is 3.57. The molecule has 0 bridgehead atoms. The molecule has 3 aromatic carbocycles. The number of fused-ring (bicyclic) bond motifs is 1. The van der Waals surface area contributed by atoms with Gasteiger partial charge in [-0.05, 0) is 65.0 Å². The van der Waals surface area contributed by atoms with Crippen molar-refractivity contribution in [2.75, 3.05) is 0 Å². The van der Waals surface area contributed by atoms with E-state index >= 15 is 0 Å². The fourth-order valence-electron chi connectivity index (χ4n) is 3.61. The smallest absolute Gasteiger partial charge is 0.212 e. The number of aromatic nitrogens is 1. The van der Waals surface area contributed by atoms with Gasteiger partial charge in [0.05, 0.1) is 4.90 Å². The Morgan fingerprint density at radius 1 is 0.767 bits per heavy atom. The average molecular weight is 590 g/mol. The predicted octanol–water partition coefficient (Wildman–Crippen LogP) is 4.46. The molecule has 0 N–H and O–H groups in total. The summed E-state index contributed by atoms with van der Waals surface area (Å²) in [7, 11) is 0. The maximum Gasteiger partial charge on any atom is 0.212 e. The van der Waals surface area contributed by atoms with Gasteiger partial charge >= 0.3 is 0 Å². The van der Waals surface area contributed by atoms with Crippen LogP contribution in [0.2, 0.25) is 0 Å². The van der Waals surface area contributed by atoms with Crippen molar-refractivity contribution in [3.8, 4) is 0 Å². The van der Waals surface area contributed by atoms with Gasteiger partial charge in [0, 0.05) is 27.2 Å². The molecule has 0 radical (unpaired) electrons. The molecule has 1 nitrogen and oxygen atoms in total. The average Bonchev–Trinajstić information content (AvgIpc) is 2.76. The summed E-state index contributed by atoms with van der Waals surface area (Å²) in [6, 6.07) is 30.2. The molecule has 1 heterocycles. The van der Waals surface area contributed by atoms with E-state index in [4.69, 9.17) is 0 Å². The lowest BCUT2D eigenvalue weighted by atomic mass is 10.1. The Hall–Kier alpha value is -1.37. The van der Waals surface area contributed by atoms with Crippen LogP contribution < -0.4 is 28.5 Å². The standard InChI is InChI=1S/C26H25BrNS.HI/c27-24-15-7-9-17-26(24)29-23-19-22-14-6-8-16-25(22)28(20-23)18-10-2-5-13-21-11-3-1-4-12-21;/h1,3-4,6-9,11-12,14-17,19-20H,2,5,10,13,18H2;1H/q+1;/p-1. The molecule has 154 valence electrons. The number of benzene rings is 3.